The van der Waals surface area contributed by atoms with Crippen LogP contribution in [0.25, 0.3) is 11.4 Å². The van der Waals surface area contributed by atoms with E-state index in [9.17, 15) is 14.7 Å². The van der Waals surface area contributed by atoms with Crippen LogP contribution in [0.15, 0.2) is 30.3 Å². The molecule has 2 heterocycles. The third kappa shape index (κ3) is 4.20. The van der Waals surface area contributed by atoms with E-state index in [0.29, 0.717) is 31.8 Å². The highest BCUT2D eigenvalue weighted by molar-refractivity contribution is 5.83. The summed E-state index contributed by atoms with van der Waals surface area (Å²) < 4.78 is 0. The Morgan fingerprint density at radius 1 is 1.20 bits per heavy atom. The number of carboxylic acid groups (broad SMARTS) is 1. The first-order valence-corrected chi connectivity index (χ1v) is 8.50. The van der Waals surface area contributed by atoms with Gasteiger partial charge in [0, 0.05) is 18.5 Å². The molecule has 0 unspecified atom stereocenters. The number of amides is 1. The number of nitrogens with zero attached hydrogens (tertiary/aromatic N) is 5. The minimum Gasteiger partial charge on any atom is -0.480 e. The molecular weight excluding hydrogens is 322 g/mol. The number of carbonyl (C=O) groups excluding carboxylic acids is 1. The normalized spacial score (nSPS) is 17.4. The van der Waals surface area contributed by atoms with Crippen molar-refractivity contribution in [3.05, 3.63) is 30.3 Å². The Morgan fingerprint density at radius 2 is 2.00 bits per heavy atom. The molecule has 1 saturated heterocycles. The first-order chi connectivity index (χ1) is 12.1. The lowest BCUT2D eigenvalue weighted by atomic mass is 10.0. The Hall–Kier alpha value is -2.77. The second-order valence-corrected chi connectivity index (χ2v) is 6.12. The van der Waals surface area contributed by atoms with E-state index < -0.39 is 12.0 Å². The number of piperidine rings is 1. The van der Waals surface area contributed by atoms with Crippen LogP contribution in [0.5, 0.6) is 0 Å². The zero-order valence-electron chi connectivity index (χ0n) is 13.9. The van der Waals surface area contributed by atoms with Crippen molar-refractivity contribution in [2.24, 2.45) is 0 Å². The van der Waals surface area contributed by atoms with Crippen LogP contribution < -0.4 is 0 Å². The van der Waals surface area contributed by atoms with Gasteiger partial charge in [0.25, 0.3) is 0 Å². The van der Waals surface area contributed by atoms with Crippen LogP contribution >= 0.6 is 0 Å². The van der Waals surface area contributed by atoms with Crippen molar-refractivity contribution in [1.82, 2.24) is 25.1 Å². The second-order valence-electron chi connectivity index (χ2n) is 6.12. The second kappa shape index (κ2) is 7.87. The summed E-state index contributed by atoms with van der Waals surface area (Å²) in [4.78, 5) is 26.6. The van der Waals surface area contributed by atoms with Crippen molar-refractivity contribution >= 4 is 11.9 Å². The Morgan fingerprint density at radius 3 is 2.76 bits per heavy atom. The molecule has 1 amide bonds. The minimum absolute atomic E-state index is 0.115. The molecule has 0 saturated carbocycles. The van der Waals surface area contributed by atoms with Crippen molar-refractivity contribution in [3.63, 3.8) is 0 Å². The maximum Gasteiger partial charge on any atom is 0.326 e. The zero-order chi connectivity index (χ0) is 17.6. The summed E-state index contributed by atoms with van der Waals surface area (Å²) in [6.45, 7) is 0.993. The molecule has 0 aliphatic carbocycles. The van der Waals surface area contributed by atoms with Gasteiger partial charge in [-0.05, 0) is 30.9 Å². The van der Waals surface area contributed by atoms with Gasteiger partial charge in [0.1, 0.15) is 6.04 Å². The van der Waals surface area contributed by atoms with Gasteiger partial charge in [0.05, 0.1) is 6.54 Å². The van der Waals surface area contributed by atoms with Crippen LogP contribution in [0.3, 0.4) is 0 Å². The molecule has 2 aromatic rings. The lowest BCUT2D eigenvalue weighted by Gasteiger charge is -2.33. The van der Waals surface area contributed by atoms with Gasteiger partial charge in [-0.25, -0.2) is 4.79 Å². The highest BCUT2D eigenvalue weighted by Gasteiger charge is 2.31. The molecule has 1 aromatic carbocycles. The van der Waals surface area contributed by atoms with Gasteiger partial charge in [-0.2, -0.15) is 4.80 Å². The van der Waals surface area contributed by atoms with Gasteiger partial charge in [0.15, 0.2) is 0 Å². The molecule has 8 heteroatoms. The van der Waals surface area contributed by atoms with Crippen LogP contribution in [0, 0.1) is 0 Å². The van der Waals surface area contributed by atoms with Crippen LogP contribution in [0.4, 0.5) is 0 Å². The van der Waals surface area contributed by atoms with E-state index in [1.807, 2.05) is 30.3 Å². The standard InChI is InChI=1S/C17H21N5O3/c23-15(21-11-5-4-9-14(21)17(24)25)10-6-12-22-19-16(18-20-22)13-7-2-1-3-8-13/h1-3,7-8,14H,4-6,9-12H2,(H,24,25)/t14-/m0/s1. The van der Waals surface area contributed by atoms with Crippen molar-refractivity contribution in [2.45, 2.75) is 44.7 Å². The summed E-state index contributed by atoms with van der Waals surface area (Å²) in [7, 11) is 0. The average molecular weight is 343 g/mol. The van der Waals surface area contributed by atoms with Gasteiger partial charge in [0.2, 0.25) is 11.7 Å². The largest absolute Gasteiger partial charge is 0.480 e. The molecule has 1 aliphatic heterocycles. The first-order valence-electron chi connectivity index (χ1n) is 8.50. The summed E-state index contributed by atoms with van der Waals surface area (Å²) in [5.41, 5.74) is 0.891. The van der Waals surface area contributed by atoms with E-state index in [1.54, 1.807) is 0 Å². The van der Waals surface area contributed by atoms with Gasteiger partial charge in [-0.3, -0.25) is 4.79 Å². The monoisotopic (exact) mass is 343 g/mol. The molecule has 25 heavy (non-hydrogen) atoms. The van der Waals surface area contributed by atoms with Crippen LogP contribution in [0.2, 0.25) is 0 Å². The molecule has 0 bridgehead atoms. The fourth-order valence-corrected chi connectivity index (χ4v) is 3.04. The predicted octanol–water partition coefficient (Wildman–Crippen LogP) is 1.59. The molecule has 0 spiro atoms. The van der Waals surface area contributed by atoms with Gasteiger partial charge < -0.3 is 10.0 Å². The number of benzene rings is 1. The number of carboxylic acids is 1. The van der Waals surface area contributed by atoms with E-state index in [1.165, 1.54) is 9.70 Å². The Bertz CT molecular complexity index is 731. The van der Waals surface area contributed by atoms with Crippen molar-refractivity contribution in [1.29, 1.82) is 0 Å². The van der Waals surface area contributed by atoms with E-state index in [0.717, 1.165) is 18.4 Å². The Balaban J connectivity index is 1.52. The number of hydrogen-bond acceptors (Lipinski definition) is 5. The number of aliphatic carboxylic acids is 1. The fraction of sp³-hybridized carbons (Fsp3) is 0.471. The molecular formula is C17H21N5O3. The number of hydrogen-bond donors (Lipinski definition) is 1. The molecule has 8 nitrogen and oxygen atoms in total. The van der Waals surface area contributed by atoms with Gasteiger partial charge in [-0.15, -0.1) is 10.2 Å². The molecule has 3 rings (SSSR count). The van der Waals surface area contributed by atoms with Gasteiger partial charge >= 0.3 is 5.97 Å². The summed E-state index contributed by atoms with van der Waals surface area (Å²) in [6.07, 6.45) is 3.08. The molecule has 1 aromatic heterocycles. The minimum atomic E-state index is -0.918. The fourth-order valence-electron chi connectivity index (χ4n) is 3.04. The lowest BCUT2D eigenvalue weighted by molar-refractivity contribution is -0.152. The number of aryl methyl sites for hydroxylation is 1. The smallest absolute Gasteiger partial charge is 0.326 e. The van der Waals surface area contributed by atoms with E-state index in [2.05, 4.69) is 15.4 Å². The highest BCUT2D eigenvalue weighted by Crippen LogP contribution is 2.19. The molecule has 132 valence electrons. The molecule has 1 N–H and O–H groups in total. The Labute approximate surface area is 145 Å². The van der Waals surface area contributed by atoms with Crippen molar-refractivity contribution < 1.29 is 14.7 Å². The SMILES string of the molecule is O=C(O)[C@@H]1CCCCN1C(=O)CCCn1nnc(-c2ccccc2)n1. The third-order valence-corrected chi connectivity index (χ3v) is 4.34. The first kappa shape index (κ1) is 17.1. The van der Waals surface area contributed by atoms with E-state index >= 15 is 0 Å². The molecule has 1 atom stereocenters. The summed E-state index contributed by atoms with van der Waals surface area (Å²) >= 11 is 0. The quantitative estimate of drug-likeness (QED) is 0.854. The highest BCUT2D eigenvalue weighted by atomic mass is 16.4. The zero-order valence-corrected chi connectivity index (χ0v) is 13.9. The third-order valence-electron chi connectivity index (χ3n) is 4.34. The number of carbonyl (C=O) groups is 2. The topological polar surface area (TPSA) is 101 Å². The number of rotatable bonds is 6. The predicted molar refractivity (Wildman–Crippen MR) is 89.5 cm³/mol. The van der Waals surface area contributed by atoms with E-state index in [4.69, 9.17) is 0 Å². The average Bonchev–Trinajstić information content (AvgIpc) is 3.11. The summed E-state index contributed by atoms with van der Waals surface area (Å²) in [6, 6.07) is 8.87. The maximum absolute atomic E-state index is 12.3. The summed E-state index contributed by atoms with van der Waals surface area (Å²) in [5, 5.41) is 21.6. The molecule has 0 radical (unpaired) electrons. The van der Waals surface area contributed by atoms with Crippen LogP contribution in [-0.2, 0) is 16.1 Å². The van der Waals surface area contributed by atoms with Crippen LogP contribution in [0.1, 0.15) is 32.1 Å². The Kier molecular flexibility index (Phi) is 5.37. The molecule has 1 aliphatic rings. The number of aromatic nitrogens is 4. The van der Waals surface area contributed by atoms with Crippen LogP contribution in [-0.4, -0.2) is 54.7 Å². The number of tetrazole rings is 1. The maximum atomic E-state index is 12.3. The number of likely N-dealkylation sites (tertiary alicyclic amines) is 1. The van der Waals surface area contributed by atoms with Crippen molar-refractivity contribution in [3.8, 4) is 11.4 Å². The van der Waals surface area contributed by atoms with Crippen molar-refractivity contribution in [2.75, 3.05) is 6.54 Å². The van der Waals surface area contributed by atoms with Gasteiger partial charge in [-0.1, -0.05) is 30.3 Å². The molecule has 1 fully saturated rings. The lowest BCUT2D eigenvalue weighted by Crippen LogP contribution is -2.47. The summed E-state index contributed by atoms with van der Waals surface area (Å²) in [5.74, 6) is -0.483. The van der Waals surface area contributed by atoms with E-state index in [-0.39, 0.29) is 12.3 Å².